The molecule has 0 spiro atoms. The summed E-state index contributed by atoms with van der Waals surface area (Å²) in [6.45, 7) is 6.62. The lowest BCUT2D eigenvalue weighted by Gasteiger charge is -2.34. The number of anilines is 1. The van der Waals surface area contributed by atoms with Crippen molar-refractivity contribution in [2.75, 3.05) is 12.3 Å². The van der Waals surface area contributed by atoms with E-state index in [1.807, 2.05) is 0 Å². The molecule has 1 aromatic rings. The number of hydrogen-bond donors (Lipinski definition) is 1. The fourth-order valence-electron chi connectivity index (χ4n) is 2.57. The van der Waals surface area contributed by atoms with E-state index in [1.165, 1.54) is 6.20 Å². The van der Waals surface area contributed by atoms with Gasteiger partial charge in [-0.1, -0.05) is 13.8 Å². The van der Waals surface area contributed by atoms with E-state index in [-0.39, 0.29) is 6.10 Å². The summed E-state index contributed by atoms with van der Waals surface area (Å²) in [5.74, 6) is -0.115. The van der Waals surface area contributed by atoms with Crippen LogP contribution < -0.4 is 10.5 Å². The highest BCUT2D eigenvalue weighted by Crippen LogP contribution is 2.36. The zero-order valence-electron chi connectivity index (χ0n) is 13.0. The Bertz CT molecular complexity index is 504. The average molecular weight is 292 g/mol. The predicted molar refractivity (Wildman–Crippen MR) is 81.3 cm³/mol. The van der Waals surface area contributed by atoms with E-state index in [2.05, 4.69) is 18.8 Å². The molecule has 0 aliphatic heterocycles. The molecule has 0 atom stereocenters. The van der Waals surface area contributed by atoms with Crippen molar-refractivity contribution in [3.05, 3.63) is 17.8 Å². The van der Waals surface area contributed by atoms with Crippen molar-refractivity contribution in [2.45, 2.75) is 52.6 Å². The average Bonchev–Trinajstić information content (AvgIpc) is 2.43. The summed E-state index contributed by atoms with van der Waals surface area (Å²) in [6, 6.07) is 1.56. The van der Waals surface area contributed by atoms with Gasteiger partial charge in [0.1, 0.15) is 11.7 Å². The summed E-state index contributed by atoms with van der Waals surface area (Å²) >= 11 is 0. The number of nitrogen functional groups attached to an aromatic ring is 1. The summed E-state index contributed by atoms with van der Waals surface area (Å²) in [7, 11) is 0. The van der Waals surface area contributed by atoms with Gasteiger partial charge in [0.2, 0.25) is 5.88 Å². The van der Waals surface area contributed by atoms with Crippen LogP contribution in [-0.4, -0.2) is 23.7 Å². The Balaban J connectivity index is 2.11. The van der Waals surface area contributed by atoms with E-state index in [0.29, 0.717) is 29.2 Å². The third kappa shape index (κ3) is 4.09. The van der Waals surface area contributed by atoms with Crippen LogP contribution in [0.4, 0.5) is 5.69 Å². The largest absolute Gasteiger partial charge is 0.474 e. The standard InChI is InChI=1S/C16H24N2O3/c1-4-20-15(19)13-9-11(17)10-18-14(13)21-12-5-7-16(2,3)8-6-12/h9-10,12H,4-8,17H2,1-3H3. The Labute approximate surface area is 125 Å². The number of pyridine rings is 1. The zero-order valence-corrected chi connectivity index (χ0v) is 13.0. The summed E-state index contributed by atoms with van der Waals surface area (Å²) in [4.78, 5) is 16.1. The van der Waals surface area contributed by atoms with E-state index >= 15 is 0 Å². The van der Waals surface area contributed by atoms with E-state index < -0.39 is 5.97 Å². The first-order chi connectivity index (χ1) is 9.91. The molecule has 0 aromatic carbocycles. The number of rotatable bonds is 4. The minimum Gasteiger partial charge on any atom is -0.474 e. The molecule has 116 valence electrons. The summed E-state index contributed by atoms with van der Waals surface area (Å²) in [5.41, 5.74) is 6.81. The van der Waals surface area contributed by atoms with Gasteiger partial charge in [-0.3, -0.25) is 0 Å². The Morgan fingerprint density at radius 3 is 2.71 bits per heavy atom. The van der Waals surface area contributed by atoms with Crippen LogP contribution in [0.25, 0.3) is 0 Å². The minimum atomic E-state index is -0.441. The lowest BCUT2D eigenvalue weighted by atomic mass is 9.76. The Hall–Kier alpha value is -1.78. The van der Waals surface area contributed by atoms with Crippen molar-refractivity contribution in [2.24, 2.45) is 5.41 Å². The summed E-state index contributed by atoms with van der Waals surface area (Å²) in [5, 5.41) is 0. The minimum absolute atomic E-state index is 0.0994. The summed E-state index contributed by atoms with van der Waals surface area (Å²) < 4.78 is 11.0. The third-order valence-corrected chi connectivity index (χ3v) is 3.93. The molecule has 1 saturated carbocycles. The first-order valence-electron chi connectivity index (χ1n) is 7.50. The number of hydrogen-bond acceptors (Lipinski definition) is 5. The predicted octanol–water partition coefficient (Wildman–Crippen LogP) is 3.19. The van der Waals surface area contributed by atoms with Crippen LogP contribution >= 0.6 is 0 Å². The van der Waals surface area contributed by atoms with Crippen LogP contribution in [0.15, 0.2) is 12.3 Å². The van der Waals surface area contributed by atoms with Crippen LogP contribution in [0, 0.1) is 5.41 Å². The van der Waals surface area contributed by atoms with Crippen molar-refractivity contribution in [3.8, 4) is 5.88 Å². The molecule has 0 saturated heterocycles. The lowest BCUT2D eigenvalue weighted by Crippen LogP contribution is -2.29. The fourth-order valence-corrected chi connectivity index (χ4v) is 2.57. The van der Waals surface area contributed by atoms with Crippen molar-refractivity contribution >= 4 is 11.7 Å². The molecule has 0 unspecified atom stereocenters. The highest BCUT2D eigenvalue weighted by molar-refractivity contribution is 5.92. The topological polar surface area (TPSA) is 74.4 Å². The third-order valence-electron chi connectivity index (χ3n) is 3.93. The van der Waals surface area contributed by atoms with Gasteiger partial charge in [0.05, 0.1) is 18.5 Å². The first-order valence-corrected chi connectivity index (χ1v) is 7.50. The van der Waals surface area contributed by atoms with Crippen molar-refractivity contribution in [1.82, 2.24) is 4.98 Å². The van der Waals surface area contributed by atoms with Crippen molar-refractivity contribution in [3.63, 3.8) is 0 Å². The van der Waals surface area contributed by atoms with Crippen LogP contribution in [0.1, 0.15) is 56.8 Å². The molecule has 5 nitrogen and oxygen atoms in total. The molecule has 2 N–H and O–H groups in total. The molecular formula is C16H24N2O3. The highest BCUT2D eigenvalue weighted by atomic mass is 16.5. The van der Waals surface area contributed by atoms with Gasteiger partial charge in [0.15, 0.2) is 0 Å². The Morgan fingerprint density at radius 2 is 2.10 bits per heavy atom. The van der Waals surface area contributed by atoms with E-state index in [0.717, 1.165) is 25.7 Å². The van der Waals surface area contributed by atoms with Gasteiger partial charge in [-0.25, -0.2) is 9.78 Å². The van der Waals surface area contributed by atoms with Crippen LogP contribution in [0.5, 0.6) is 5.88 Å². The molecule has 2 rings (SSSR count). The van der Waals surface area contributed by atoms with E-state index in [9.17, 15) is 4.79 Å². The second kappa shape index (κ2) is 6.33. The number of carbonyl (C=O) groups is 1. The number of nitrogens with zero attached hydrogens (tertiary/aromatic N) is 1. The van der Waals surface area contributed by atoms with Gasteiger partial charge in [-0.15, -0.1) is 0 Å². The second-order valence-corrected chi connectivity index (χ2v) is 6.32. The molecule has 1 aromatic heterocycles. The van der Waals surface area contributed by atoms with Gasteiger partial charge < -0.3 is 15.2 Å². The number of nitrogens with two attached hydrogens (primary N) is 1. The number of ether oxygens (including phenoxy) is 2. The molecule has 1 aliphatic carbocycles. The van der Waals surface area contributed by atoms with Crippen molar-refractivity contribution in [1.29, 1.82) is 0 Å². The monoisotopic (exact) mass is 292 g/mol. The highest BCUT2D eigenvalue weighted by Gasteiger charge is 2.29. The van der Waals surface area contributed by atoms with E-state index in [1.54, 1.807) is 13.0 Å². The summed E-state index contributed by atoms with van der Waals surface area (Å²) in [6.07, 6.45) is 5.78. The maximum absolute atomic E-state index is 12.0. The van der Waals surface area contributed by atoms with Gasteiger partial charge in [-0.05, 0) is 44.1 Å². The molecule has 0 radical (unpaired) electrons. The van der Waals surface area contributed by atoms with Crippen LogP contribution in [-0.2, 0) is 4.74 Å². The Kier molecular flexibility index (Phi) is 4.70. The normalized spacial score (nSPS) is 18.2. The second-order valence-electron chi connectivity index (χ2n) is 6.32. The molecule has 21 heavy (non-hydrogen) atoms. The van der Waals surface area contributed by atoms with Gasteiger partial charge in [-0.2, -0.15) is 0 Å². The van der Waals surface area contributed by atoms with Crippen LogP contribution in [0.3, 0.4) is 0 Å². The molecule has 1 heterocycles. The van der Waals surface area contributed by atoms with Crippen LogP contribution in [0.2, 0.25) is 0 Å². The first kappa shape index (κ1) is 15.6. The maximum atomic E-state index is 12.0. The van der Waals surface area contributed by atoms with Crippen molar-refractivity contribution < 1.29 is 14.3 Å². The smallest absolute Gasteiger partial charge is 0.343 e. The lowest BCUT2D eigenvalue weighted by molar-refractivity contribution is 0.0507. The molecule has 0 amide bonds. The number of carbonyl (C=O) groups excluding carboxylic acids is 1. The van der Waals surface area contributed by atoms with Gasteiger partial charge in [0, 0.05) is 0 Å². The van der Waals surface area contributed by atoms with E-state index in [4.69, 9.17) is 15.2 Å². The maximum Gasteiger partial charge on any atom is 0.343 e. The molecular weight excluding hydrogens is 268 g/mol. The SMILES string of the molecule is CCOC(=O)c1cc(N)cnc1OC1CCC(C)(C)CC1. The number of aromatic nitrogens is 1. The fraction of sp³-hybridized carbons (Fsp3) is 0.625. The van der Waals surface area contributed by atoms with Gasteiger partial charge >= 0.3 is 5.97 Å². The Morgan fingerprint density at radius 1 is 1.43 bits per heavy atom. The van der Waals surface area contributed by atoms with Gasteiger partial charge in [0.25, 0.3) is 0 Å². The zero-order chi connectivity index (χ0) is 15.5. The number of esters is 1. The molecule has 5 heteroatoms. The quantitative estimate of drug-likeness (QED) is 0.863. The molecule has 0 bridgehead atoms. The molecule has 1 fully saturated rings. The molecule has 1 aliphatic rings.